The fraction of sp³-hybridized carbons (Fsp3) is 0.556. The van der Waals surface area contributed by atoms with E-state index in [1.165, 1.54) is 5.69 Å². The summed E-state index contributed by atoms with van der Waals surface area (Å²) in [6.07, 6.45) is 7.37. The van der Waals surface area contributed by atoms with E-state index in [0.717, 1.165) is 68.0 Å². The third kappa shape index (κ3) is 4.05. The number of hydrogen-bond donors (Lipinski definition) is 1. The average Bonchev–Trinajstić information content (AvgIpc) is 3.43. The Bertz CT molecular complexity index is 1070. The van der Waals surface area contributed by atoms with Crippen LogP contribution in [0.25, 0.3) is 0 Å². The summed E-state index contributed by atoms with van der Waals surface area (Å²) in [6.45, 7) is 6.41. The van der Waals surface area contributed by atoms with Crippen molar-refractivity contribution in [2.75, 3.05) is 28.3 Å². The average molecular weight is 463 g/mol. The first-order chi connectivity index (χ1) is 16.5. The normalized spacial score (nSPS) is 27.9. The minimum atomic E-state index is 0.0259. The van der Waals surface area contributed by atoms with Crippen molar-refractivity contribution in [2.24, 2.45) is 5.92 Å². The summed E-state index contributed by atoms with van der Waals surface area (Å²) in [6, 6.07) is 10.9. The largest absolute Gasteiger partial charge is 0.376 e. The Kier molecular flexibility index (Phi) is 5.70. The quantitative estimate of drug-likeness (QED) is 0.715. The van der Waals surface area contributed by atoms with Gasteiger partial charge in [-0.15, -0.1) is 0 Å². The van der Waals surface area contributed by atoms with Crippen LogP contribution in [0.4, 0.5) is 22.9 Å². The molecule has 0 spiro atoms. The summed E-state index contributed by atoms with van der Waals surface area (Å²) in [4.78, 5) is 23.0. The Morgan fingerprint density at radius 3 is 2.79 bits per heavy atom. The van der Waals surface area contributed by atoms with E-state index in [4.69, 9.17) is 9.47 Å². The van der Waals surface area contributed by atoms with Gasteiger partial charge in [-0.2, -0.15) is 0 Å². The summed E-state index contributed by atoms with van der Waals surface area (Å²) in [7, 11) is 0. The highest BCUT2D eigenvalue weighted by Crippen LogP contribution is 2.42. The summed E-state index contributed by atoms with van der Waals surface area (Å²) >= 11 is 0. The molecular formula is C27H34N4O3. The van der Waals surface area contributed by atoms with E-state index in [-0.39, 0.29) is 24.0 Å². The number of ether oxygens (including phenoxy) is 2. The first-order valence-electron chi connectivity index (χ1n) is 12.7. The van der Waals surface area contributed by atoms with Gasteiger partial charge in [0.1, 0.15) is 5.82 Å². The number of amides is 1. The smallest absolute Gasteiger partial charge is 0.230 e. The van der Waals surface area contributed by atoms with E-state index in [0.29, 0.717) is 18.7 Å². The first-order valence-corrected chi connectivity index (χ1v) is 12.7. The Morgan fingerprint density at radius 2 is 2.06 bits per heavy atom. The molecule has 3 fully saturated rings. The zero-order valence-electron chi connectivity index (χ0n) is 20.1. The third-order valence-corrected chi connectivity index (χ3v) is 7.73. The maximum Gasteiger partial charge on any atom is 0.230 e. The van der Waals surface area contributed by atoms with Crippen molar-refractivity contribution < 1.29 is 14.3 Å². The van der Waals surface area contributed by atoms with E-state index >= 15 is 0 Å². The summed E-state index contributed by atoms with van der Waals surface area (Å²) in [5.74, 6) is 1.07. The van der Waals surface area contributed by atoms with Crippen LogP contribution in [-0.4, -0.2) is 48.4 Å². The molecule has 1 aromatic carbocycles. The fourth-order valence-corrected chi connectivity index (χ4v) is 6.05. The van der Waals surface area contributed by atoms with E-state index in [9.17, 15) is 4.79 Å². The zero-order valence-corrected chi connectivity index (χ0v) is 20.1. The number of carbonyl (C=O) groups excluding carboxylic acids is 1. The molecule has 3 aliphatic heterocycles. The molecule has 2 aromatic rings. The molecule has 2 atom stereocenters. The van der Waals surface area contributed by atoms with Crippen molar-refractivity contribution in [3.8, 4) is 0 Å². The van der Waals surface area contributed by atoms with Gasteiger partial charge in [-0.05, 0) is 70.2 Å². The Labute approximate surface area is 201 Å². The van der Waals surface area contributed by atoms with Crippen molar-refractivity contribution in [2.45, 2.75) is 76.9 Å². The van der Waals surface area contributed by atoms with Crippen LogP contribution >= 0.6 is 0 Å². The molecular weight excluding hydrogens is 428 g/mol. The minimum absolute atomic E-state index is 0.0259. The number of carbonyl (C=O) groups is 1. The highest BCUT2D eigenvalue weighted by Gasteiger charge is 2.40. The number of nitrogens with one attached hydrogen (secondary N) is 1. The molecule has 1 N–H and O–H groups in total. The Morgan fingerprint density at radius 1 is 1.21 bits per heavy atom. The molecule has 7 nitrogen and oxygen atoms in total. The van der Waals surface area contributed by atoms with Crippen LogP contribution in [-0.2, 0) is 20.8 Å². The second-order valence-electron chi connectivity index (χ2n) is 10.4. The van der Waals surface area contributed by atoms with Gasteiger partial charge in [0.05, 0.1) is 48.9 Å². The number of hydrogen-bond acceptors (Lipinski definition) is 6. The highest BCUT2D eigenvalue weighted by molar-refractivity contribution is 6.00. The predicted octanol–water partition coefficient (Wildman–Crippen LogP) is 4.63. The van der Waals surface area contributed by atoms with E-state index < -0.39 is 0 Å². The molecule has 6 rings (SSSR count). The Hall–Kier alpha value is -2.64. The topological polar surface area (TPSA) is 66.9 Å². The van der Waals surface area contributed by atoms with Gasteiger partial charge in [0.2, 0.25) is 5.91 Å². The van der Waals surface area contributed by atoms with Crippen LogP contribution < -0.4 is 15.1 Å². The molecule has 7 heteroatoms. The first kappa shape index (κ1) is 21.9. The number of aromatic nitrogens is 1. The monoisotopic (exact) mass is 462 g/mol. The molecule has 0 radical (unpaired) electrons. The summed E-state index contributed by atoms with van der Waals surface area (Å²) in [5, 5.41) is 3.50. The highest BCUT2D eigenvalue weighted by atomic mass is 16.5. The van der Waals surface area contributed by atoms with Gasteiger partial charge in [-0.3, -0.25) is 4.79 Å². The van der Waals surface area contributed by atoms with Gasteiger partial charge < -0.3 is 24.6 Å². The number of fused-ring (bicyclic) bond motifs is 4. The van der Waals surface area contributed by atoms with Crippen molar-refractivity contribution in [1.29, 1.82) is 0 Å². The van der Waals surface area contributed by atoms with Gasteiger partial charge in [0, 0.05) is 29.9 Å². The molecule has 1 amide bonds. The molecule has 0 unspecified atom stereocenters. The molecule has 1 aliphatic carbocycles. The Balaban J connectivity index is 1.30. The van der Waals surface area contributed by atoms with Gasteiger partial charge in [0.25, 0.3) is 0 Å². The maximum absolute atomic E-state index is 14.0. The van der Waals surface area contributed by atoms with Crippen LogP contribution in [0.5, 0.6) is 0 Å². The minimum Gasteiger partial charge on any atom is -0.376 e. The van der Waals surface area contributed by atoms with Crippen LogP contribution in [0.3, 0.4) is 0 Å². The lowest BCUT2D eigenvalue weighted by molar-refractivity contribution is -0.124. The molecule has 1 saturated carbocycles. The summed E-state index contributed by atoms with van der Waals surface area (Å²) in [5.41, 5.74) is 4.10. The van der Waals surface area contributed by atoms with Gasteiger partial charge in [0.15, 0.2) is 0 Å². The number of pyridine rings is 1. The second kappa shape index (κ2) is 8.86. The third-order valence-electron chi connectivity index (χ3n) is 7.73. The molecule has 2 saturated heterocycles. The maximum atomic E-state index is 14.0. The van der Waals surface area contributed by atoms with Gasteiger partial charge >= 0.3 is 0 Å². The number of anilines is 4. The lowest BCUT2D eigenvalue weighted by atomic mass is 9.86. The molecule has 1 aromatic heterocycles. The fourth-order valence-electron chi connectivity index (χ4n) is 6.05. The second-order valence-corrected chi connectivity index (χ2v) is 10.4. The summed E-state index contributed by atoms with van der Waals surface area (Å²) < 4.78 is 11.8. The lowest BCUT2D eigenvalue weighted by Gasteiger charge is -2.34. The van der Waals surface area contributed by atoms with Crippen molar-refractivity contribution >= 4 is 28.8 Å². The van der Waals surface area contributed by atoms with Crippen molar-refractivity contribution in [3.05, 3.63) is 42.1 Å². The number of nitrogens with zero attached hydrogens (tertiary/aromatic N) is 3. The van der Waals surface area contributed by atoms with Crippen LogP contribution in [0, 0.1) is 5.92 Å². The zero-order chi connectivity index (χ0) is 23.2. The van der Waals surface area contributed by atoms with Crippen LogP contribution in [0.15, 0.2) is 36.5 Å². The predicted molar refractivity (Wildman–Crippen MR) is 133 cm³/mol. The van der Waals surface area contributed by atoms with Gasteiger partial charge in [-0.25, -0.2) is 4.98 Å². The number of benzene rings is 1. The standard InChI is InChI=1S/C27H34N4O3/c1-17(2)34-22-8-5-18(6-9-22)27(32)31-14-19-4-3-11-28-26(19)29-24-10-7-20(13-25(24)31)30-15-23-12-21(30)16-33-23/h3-4,7,10-11,13,17-18,21-23H,5-6,8-9,12,14-16H2,1-2H3,(H,28,29)/t18-,21-,22-,23-/m0/s1. The van der Waals surface area contributed by atoms with Crippen molar-refractivity contribution in [1.82, 2.24) is 4.98 Å². The van der Waals surface area contributed by atoms with E-state index in [2.05, 4.69) is 53.3 Å². The molecule has 4 heterocycles. The number of morpholine rings is 1. The molecule has 2 bridgehead atoms. The number of rotatable bonds is 4. The van der Waals surface area contributed by atoms with Crippen LogP contribution in [0.1, 0.15) is 51.5 Å². The molecule has 180 valence electrons. The SMILES string of the molecule is CC(C)O[C@H]1CC[C@H](C(=O)N2Cc3cccnc3Nc3ccc(N4C[C@@H]5C[C@H]4CO5)cc32)CC1. The van der Waals surface area contributed by atoms with Gasteiger partial charge in [-0.1, -0.05) is 6.07 Å². The lowest BCUT2D eigenvalue weighted by Crippen LogP contribution is -2.39. The van der Waals surface area contributed by atoms with Crippen molar-refractivity contribution in [3.63, 3.8) is 0 Å². The molecule has 4 aliphatic rings. The van der Waals surface area contributed by atoms with E-state index in [1.54, 1.807) is 6.20 Å². The van der Waals surface area contributed by atoms with E-state index in [1.807, 2.05) is 11.0 Å². The molecule has 34 heavy (non-hydrogen) atoms. The van der Waals surface area contributed by atoms with Crippen LogP contribution in [0.2, 0.25) is 0 Å².